The minimum absolute atomic E-state index is 0.0283. The van der Waals surface area contributed by atoms with E-state index in [9.17, 15) is 16.8 Å². The van der Waals surface area contributed by atoms with Gasteiger partial charge in [-0.25, -0.2) is 27.1 Å². The number of benzene rings is 2. The monoisotopic (exact) mass is 328 g/mol. The molecule has 0 saturated carbocycles. The van der Waals surface area contributed by atoms with E-state index in [-0.39, 0.29) is 9.79 Å². The van der Waals surface area contributed by atoms with Gasteiger partial charge in [0, 0.05) is 0 Å². The first-order valence-corrected chi connectivity index (χ1v) is 8.69. The third kappa shape index (κ3) is 4.02. The van der Waals surface area contributed by atoms with Crippen molar-refractivity contribution in [1.29, 1.82) is 0 Å². The molecule has 0 saturated heterocycles. The quantitative estimate of drug-likeness (QED) is 0.856. The summed E-state index contributed by atoms with van der Waals surface area (Å²) in [6, 6.07) is 11.0. The first-order chi connectivity index (χ1) is 9.66. The van der Waals surface area contributed by atoms with Gasteiger partial charge in [-0.1, -0.05) is 0 Å². The fourth-order valence-corrected chi connectivity index (χ4v) is 2.56. The van der Waals surface area contributed by atoms with Gasteiger partial charge < -0.3 is 4.74 Å². The number of hydrogen-bond acceptors (Lipinski definition) is 5. The largest absolute Gasteiger partial charge is 0.457 e. The van der Waals surface area contributed by atoms with Crippen LogP contribution in [0.5, 0.6) is 11.5 Å². The van der Waals surface area contributed by atoms with Crippen molar-refractivity contribution in [2.45, 2.75) is 9.79 Å². The Morgan fingerprint density at radius 1 is 0.619 bits per heavy atom. The molecule has 0 aliphatic carbocycles. The van der Waals surface area contributed by atoms with Crippen molar-refractivity contribution in [3.8, 4) is 11.5 Å². The summed E-state index contributed by atoms with van der Waals surface area (Å²) < 4.78 is 49.9. The minimum Gasteiger partial charge on any atom is -0.457 e. The second-order valence-electron chi connectivity index (χ2n) is 4.13. The standard InChI is InChI=1S/C12H12N2O5S2/c13-20(15,16)11-5-1-9(2-6-11)19-10-3-7-12(8-4-10)21(14,17)18/h1-8H,(H2,13,15,16)(H2,14,17,18). The summed E-state index contributed by atoms with van der Waals surface area (Å²) >= 11 is 0. The molecule has 0 heterocycles. The molecule has 0 radical (unpaired) electrons. The Morgan fingerprint density at radius 3 is 1.14 bits per heavy atom. The smallest absolute Gasteiger partial charge is 0.238 e. The van der Waals surface area contributed by atoms with Gasteiger partial charge >= 0.3 is 0 Å². The Balaban J connectivity index is 2.19. The lowest BCUT2D eigenvalue weighted by Gasteiger charge is -2.07. The molecule has 0 atom stereocenters. The molecule has 112 valence electrons. The number of ether oxygens (including phenoxy) is 1. The Kier molecular flexibility index (Phi) is 4.01. The molecule has 0 aliphatic rings. The normalized spacial score (nSPS) is 12.1. The summed E-state index contributed by atoms with van der Waals surface area (Å²) in [5, 5.41) is 9.96. The van der Waals surface area contributed by atoms with Crippen molar-refractivity contribution in [1.82, 2.24) is 0 Å². The van der Waals surface area contributed by atoms with Crippen LogP contribution in [-0.2, 0) is 20.0 Å². The van der Waals surface area contributed by atoms with Gasteiger partial charge in [0.2, 0.25) is 20.0 Å². The van der Waals surface area contributed by atoms with Crippen LogP contribution in [0.2, 0.25) is 0 Å². The first kappa shape index (κ1) is 15.4. The van der Waals surface area contributed by atoms with Gasteiger partial charge in [-0.05, 0) is 48.5 Å². The van der Waals surface area contributed by atoms with Gasteiger partial charge in [0.1, 0.15) is 11.5 Å². The second kappa shape index (κ2) is 5.45. The molecular weight excluding hydrogens is 316 g/mol. The van der Waals surface area contributed by atoms with Gasteiger partial charge in [0.25, 0.3) is 0 Å². The highest BCUT2D eigenvalue weighted by atomic mass is 32.2. The van der Waals surface area contributed by atoms with Crippen LogP contribution < -0.4 is 15.0 Å². The molecule has 0 fully saturated rings. The summed E-state index contributed by atoms with van der Waals surface area (Å²) in [5.41, 5.74) is 0. The van der Waals surface area contributed by atoms with Crippen LogP contribution in [0.3, 0.4) is 0 Å². The van der Waals surface area contributed by atoms with Gasteiger partial charge in [-0.2, -0.15) is 0 Å². The number of nitrogens with two attached hydrogens (primary N) is 2. The van der Waals surface area contributed by atoms with E-state index in [0.717, 1.165) is 0 Å². The van der Waals surface area contributed by atoms with E-state index in [2.05, 4.69) is 0 Å². The molecule has 21 heavy (non-hydrogen) atoms. The SMILES string of the molecule is NS(=O)(=O)c1ccc(Oc2ccc(S(N)(=O)=O)cc2)cc1. The van der Waals surface area contributed by atoms with Gasteiger partial charge in [-0.15, -0.1) is 0 Å². The maximum atomic E-state index is 11.1. The van der Waals surface area contributed by atoms with Crippen molar-refractivity contribution in [2.24, 2.45) is 10.3 Å². The van der Waals surface area contributed by atoms with E-state index in [1.54, 1.807) is 0 Å². The molecule has 9 heteroatoms. The second-order valence-corrected chi connectivity index (χ2v) is 7.26. The summed E-state index contributed by atoms with van der Waals surface area (Å²) in [5.74, 6) is 0.761. The third-order valence-corrected chi connectivity index (χ3v) is 4.40. The van der Waals surface area contributed by atoms with Crippen LogP contribution >= 0.6 is 0 Å². The van der Waals surface area contributed by atoms with Crippen LogP contribution in [0.1, 0.15) is 0 Å². The van der Waals surface area contributed by atoms with E-state index in [0.29, 0.717) is 11.5 Å². The fraction of sp³-hybridized carbons (Fsp3) is 0. The average Bonchev–Trinajstić information content (AvgIpc) is 2.38. The molecule has 4 N–H and O–H groups in total. The Labute approximate surface area is 122 Å². The summed E-state index contributed by atoms with van der Waals surface area (Å²) in [6.07, 6.45) is 0. The zero-order chi connectivity index (χ0) is 15.7. The molecule has 0 aliphatic heterocycles. The fourth-order valence-electron chi connectivity index (χ4n) is 1.53. The molecule has 7 nitrogen and oxygen atoms in total. The molecule has 2 aromatic carbocycles. The van der Waals surface area contributed by atoms with E-state index >= 15 is 0 Å². The van der Waals surface area contributed by atoms with Crippen molar-refractivity contribution < 1.29 is 21.6 Å². The lowest BCUT2D eigenvalue weighted by Crippen LogP contribution is -2.11. The van der Waals surface area contributed by atoms with Crippen LogP contribution in [0, 0.1) is 0 Å². The zero-order valence-corrected chi connectivity index (χ0v) is 12.3. The highest BCUT2D eigenvalue weighted by Gasteiger charge is 2.09. The molecule has 0 aromatic heterocycles. The number of sulfonamides is 2. The maximum Gasteiger partial charge on any atom is 0.238 e. The Hall–Kier alpha value is -1.94. The molecule has 2 aromatic rings. The highest BCUT2D eigenvalue weighted by molar-refractivity contribution is 7.89. The van der Waals surface area contributed by atoms with Crippen LogP contribution in [0.25, 0.3) is 0 Å². The van der Waals surface area contributed by atoms with Gasteiger partial charge in [0.05, 0.1) is 9.79 Å². The molecule has 0 bridgehead atoms. The number of primary sulfonamides is 2. The third-order valence-electron chi connectivity index (χ3n) is 2.54. The average molecular weight is 328 g/mol. The summed E-state index contributed by atoms with van der Waals surface area (Å²) in [6.45, 7) is 0. The molecule has 0 amide bonds. The van der Waals surface area contributed by atoms with Crippen molar-refractivity contribution in [3.05, 3.63) is 48.5 Å². The number of hydrogen-bond donors (Lipinski definition) is 2. The first-order valence-electron chi connectivity index (χ1n) is 5.60. The lowest BCUT2D eigenvalue weighted by molar-refractivity contribution is 0.481. The van der Waals surface area contributed by atoms with Crippen molar-refractivity contribution in [2.75, 3.05) is 0 Å². The van der Waals surface area contributed by atoms with Gasteiger partial charge in [0.15, 0.2) is 0 Å². The van der Waals surface area contributed by atoms with Crippen LogP contribution in [0.4, 0.5) is 0 Å². The maximum absolute atomic E-state index is 11.1. The minimum atomic E-state index is -3.75. The van der Waals surface area contributed by atoms with Crippen molar-refractivity contribution >= 4 is 20.0 Å². The highest BCUT2D eigenvalue weighted by Crippen LogP contribution is 2.23. The van der Waals surface area contributed by atoms with E-state index < -0.39 is 20.0 Å². The Morgan fingerprint density at radius 2 is 0.905 bits per heavy atom. The summed E-state index contributed by atoms with van der Waals surface area (Å²) in [4.78, 5) is -0.0566. The predicted octanol–water partition coefficient (Wildman–Crippen LogP) is 0.774. The van der Waals surface area contributed by atoms with Crippen LogP contribution in [-0.4, -0.2) is 16.8 Å². The van der Waals surface area contributed by atoms with E-state index in [1.165, 1.54) is 48.5 Å². The van der Waals surface area contributed by atoms with Crippen molar-refractivity contribution in [3.63, 3.8) is 0 Å². The Bertz CT molecular complexity index is 768. The van der Waals surface area contributed by atoms with Gasteiger partial charge in [-0.3, -0.25) is 0 Å². The molecule has 0 spiro atoms. The van der Waals surface area contributed by atoms with E-state index in [4.69, 9.17) is 15.0 Å². The summed E-state index contributed by atoms with van der Waals surface area (Å²) in [7, 11) is -7.50. The molecular formula is C12H12N2O5S2. The zero-order valence-electron chi connectivity index (χ0n) is 10.6. The lowest BCUT2D eigenvalue weighted by atomic mass is 10.3. The topological polar surface area (TPSA) is 130 Å². The predicted molar refractivity (Wildman–Crippen MR) is 75.7 cm³/mol. The van der Waals surface area contributed by atoms with E-state index in [1.807, 2.05) is 0 Å². The van der Waals surface area contributed by atoms with Crippen LogP contribution in [0.15, 0.2) is 58.3 Å². The number of rotatable bonds is 4. The molecule has 2 rings (SSSR count). The molecule has 0 unspecified atom stereocenters.